The second-order valence-electron chi connectivity index (χ2n) is 16.5. The molecule has 1 aliphatic carbocycles. The zero-order valence-corrected chi connectivity index (χ0v) is 36.3. The summed E-state index contributed by atoms with van der Waals surface area (Å²) in [4.78, 5) is 2.45. The van der Waals surface area contributed by atoms with Gasteiger partial charge in [-0.3, -0.25) is 0 Å². The summed E-state index contributed by atoms with van der Waals surface area (Å²) in [5.74, 6) is 0. The van der Waals surface area contributed by atoms with Gasteiger partial charge in [0.15, 0.2) is 0 Å². The maximum Gasteiger partial charge on any atom is 0.143 e. The molecule has 0 atom stereocenters. The molecule has 2 aromatic heterocycles. The maximum absolute atomic E-state index is 6.47. The predicted molar refractivity (Wildman–Crippen MR) is 265 cm³/mol. The Morgan fingerprint density at radius 1 is 0.532 bits per heavy atom. The molecule has 62 heavy (non-hydrogen) atoms. The quantitative estimate of drug-likeness (QED) is 0.160. The first-order valence-corrected chi connectivity index (χ1v) is 21.9. The first-order chi connectivity index (χ1) is 30.4. The Labute approximate surface area is 364 Å². The Hall–Kier alpha value is -7.36. The largest absolute Gasteiger partial charge is 0.455 e. The molecule has 10 aromatic rings. The van der Waals surface area contributed by atoms with E-state index in [0.29, 0.717) is 0 Å². The molecule has 0 amide bonds. The van der Waals surface area contributed by atoms with Crippen molar-refractivity contribution in [2.75, 3.05) is 4.90 Å². The normalized spacial score (nSPS) is 13.3. The van der Waals surface area contributed by atoms with E-state index in [1.807, 2.05) is 26.0 Å². The van der Waals surface area contributed by atoms with E-state index in [4.69, 9.17) is 4.42 Å². The SMILES string of the molecule is C/C=C\C1=C(C)c2cccc(N(c3ccc(-c4cccc5c4oc4ccccc45)cc3)c3ccc(-c4cccc5c4c4ccccc4n5-c4ccccc4)cc3)c2C1(C)C.CC. The van der Waals surface area contributed by atoms with E-state index >= 15 is 0 Å². The third-order valence-electron chi connectivity index (χ3n) is 12.7. The summed E-state index contributed by atoms with van der Waals surface area (Å²) in [6.45, 7) is 13.1. The van der Waals surface area contributed by atoms with Crippen LogP contribution in [0.1, 0.15) is 52.7 Å². The van der Waals surface area contributed by atoms with Crippen molar-refractivity contribution in [1.82, 2.24) is 4.57 Å². The summed E-state index contributed by atoms with van der Waals surface area (Å²) in [6, 6.07) is 65.9. The van der Waals surface area contributed by atoms with E-state index in [1.165, 1.54) is 60.9 Å². The molecule has 0 saturated heterocycles. The van der Waals surface area contributed by atoms with Crippen molar-refractivity contribution >= 4 is 66.4 Å². The van der Waals surface area contributed by atoms with Crippen LogP contribution in [0.2, 0.25) is 0 Å². The van der Waals surface area contributed by atoms with Crippen LogP contribution in [0.25, 0.3) is 77.3 Å². The average molecular weight is 803 g/mol. The average Bonchev–Trinajstić information content (AvgIpc) is 3.94. The first-order valence-electron chi connectivity index (χ1n) is 21.9. The number of benzene rings is 8. The fourth-order valence-electron chi connectivity index (χ4n) is 10.0. The number of aromatic nitrogens is 1. The Kier molecular flexibility index (Phi) is 9.76. The predicted octanol–water partition coefficient (Wildman–Crippen LogP) is 17.2. The van der Waals surface area contributed by atoms with Crippen LogP contribution in [0.15, 0.2) is 204 Å². The van der Waals surface area contributed by atoms with Crippen LogP contribution in [0, 0.1) is 0 Å². The Morgan fingerprint density at radius 3 is 1.82 bits per heavy atom. The minimum atomic E-state index is -0.194. The van der Waals surface area contributed by atoms with Gasteiger partial charge in [0.2, 0.25) is 0 Å². The van der Waals surface area contributed by atoms with Gasteiger partial charge in [0, 0.05) is 49.6 Å². The van der Waals surface area contributed by atoms with E-state index in [-0.39, 0.29) is 5.41 Å². The number of hydrogen-bond acceptors (Lipinski definition) is 2. The number of allylic oxidation sites excluding steroid dienone is 4. The third kappa shape index (κ3) is 6.10. The molecular weight excluding hydrogens is 753 g/mol. The van der Waals surface area contributed by atoms with Crippen molar-refractivity contribution in [1.29, 1.82) is 0 Å². The molecule has 0 radical (unpaired) electrons. The highest BCUT2D eigenvalue weighted by atomic mass is 16.3. The van der Waals surface area contributed by atoms with Crippen molar-refractivity contribution in [3.8, 4) is 27.9 Å². The third-order valence-corrected chi connectivity index (χ3v) is 12.7. The Balaban J connectivity index is 0.00000226. The molecule has 0 spiro atoms. The molecule has 3 nitrogen and oxygen atoms in total. The smallest absolute Gasteiger partial charge is 0.143 e. The molecule has 0 N–H and O–H groups in total. The molecule has 0 aliphatic heterocycles. The van der Waals surface area contributed by atoms with Gasteiger partial charge < -0.3 is 13.9 Å². The summed E-state index contributed by atoms with van der Waals surface area (Å²) in [6.07, 6.45) is 4.46. The van der Waals surface area contributed by atoms with Gasteiger partial charge in [-0.15, -0.1) is 0 Å². The number of rotatable bonds is 7. The van der Waals surface area contributed by atoms with Gasteiger partial charge in [-0.2, -0.15) is 0 Å². The Morgan fingerprint density at radius 2 is 1.10 bits per heavy atom. The minimum Gasteiger partial charge on any atom is -0.455 e. The van der Waals surface area contributed by atoms with Crippen molar-refractivity contribution < 1.29 is 4.42 Å². The van der Waals surface area contributed by atoms with Crippen molar-refractivity contribution in [3.63, 3.8) is 0 Å². The fourth-order valence-corrected chi connectivity index (χ4v) is 10.0. The van der Waals surface area contributed by atoms with Gasteiger partial charge in [0.1, 0.15) is 11.2 Å². The van der Waals surface area contributed by atoms with Crippen molar-refractivity contribution in [3.05, 3.63) is 211 Å². The summed E-state index contributed by atoms with van der Waals surface area (Å²) < 4.78 is 8.85. The molecule has 302 valence electrons. The molecule has 0 unspecified atom stereocenters. The summed E-state index contributed by atoms with van der Waals surface area (Å²) in [7, 11) is 0. The maximum atomic E-state index is 6.47. The van der Waals surface area contributed by atoms with Crippen LogP contribution in [0.3, 0.4) is 0 Å². The van der Waals surface area contributed by atoms with E-state index in [9.17, 15) is 0 Å². The van der Waals surface area contributed by atoms with Crippen LogP contribution in [0.4, 0.5) is 17.1 Å². The lowest BCUT2D eigenvalue weighted by atomic mass is 9.79. The lowest BCUT2D eigenvalue weighted by molar-refractivity contribution is 0.654. The zero-order valence-electron chi connectivity index (χ0n) is 36.3. The molecule has 0 fully saturated rings. The lowest BCUT2D eigenvalue weighted by Gasteiger charge is -2.33. The number of hydrogen-bond donors (Lipinski definition) is 0. The number of para-hydroxylation sites is 4. The zero-order chi connectivity index (χ0) is 42.5. The molecule has 0 saturated carbocycles. The lowest BCUT2D eigenvalue weighted by Crippen LogP contribution is -2.21. The number of nitrogens with zero attached hydrogens (tertiary/aromatic N) is 2. The second kappa shape index (κ2) is 15.6. The van der Waals surface area contributed by atoms with Gasteiger partial charge in [0.25, 0.3) is 0 Å². The highest BCUT2D eigenvalue weighted by molar-refractivity contribution is 6.16. The van der Waals surface area contributed by atoms with Gasteiger partial charge in [0.05, 0.1) is 16.7 Å². The van der Waals surface area contributed by atoms with Crippen LogP contribution in [-0.4, -0.2) is 4.57 Å². The van der Waals surface area contributed by atoms with Gasteiger partial charge in [-0.1, -0.05) is 161 Å². The summed E-state index contributed by atoms with van der Waals surface area (Å²) in [5, 5.41) is 4.78. The van der Waals surface area contributed by atoms with E-state index in [2.05, 4.69) is 219 Å². The molecule has 2 heterocycles. The highest BCUT2D eigenvalue weighted by Gasteiger charge is 2.38. The highest BCUT2D eigenvalue weighted by Crippen LogP contribution is 2.53. The van der Waals surface area contributed by atoms with Gasteiger partial charge in [-0.05, 0) is 113 Å². The molecule has 0 bridgehead atoms. The summed E-state index contributed by atoms with van der Waals surface area (Å²) >= 11 is 0. The number of anilines is 3. The molecular formula is C59H50N2O. The monoisotopic (exact) mass is 802 g/mol. The van der Waals surface area contributed by atoms with E-state index in [0.717, 1.165) is 50.1 Å². The second-order valence-corrected chi connectivity index (χ2v) is 16.5. The van der Waals surface area contributed by atoms with Crippen LogP contribution in [0.5, 0.6) is 0 Å². The standard InChI is InChI=1S/C57H44N2O.C2H6/c1-5-16-49-37(2)43-21-14-27-52(55(43)57(49,3)4)58(42-35-31-39(32-36-42)45-23-13-24-47-46-19-10-12-28-53(46)60-56(45)47)41-33-29-38(30-34-41)44-22-15-26-51-54(44)48-20-9-11-25-50(48)59(51)40-17-7-6-8-18-40;1-2/h5-36H,1-4H3;1-2H3/b16-5-;. The van der Waals surface area contributed by atoms with Crippen molar-refractivity contribution in [2.24, 2.45) is 0 Å². The van der Waals surface area contributed by atoms with Crippen molar-refractivity contribution in [2.45, 2.75) is 47.0 Å². The fraction of sp³-hybridized carbons (Fsp3) is 0.119. The molecule has 8 aromatic carbocycles. The van der Waals surface area contributed by atoms with Gasteiger partial charge >= 0.3 is 0 Å². The molecule has 11 rings (SSSR count). The molecule has 3 heteroatoms. The van der Waals surface area contributed by atoms with E-state index < -0.39 is 0 Å². The first kappa shape index (κ1) is 38.8. The minimum absolute atomic E-state index is 0.194. The van der Waals surface area contributed by atoms with Crippen LogP contribution >= 0.6 is 0 Å². The summed E-state index contributed by atoms with van der Waals surface area (Å²) in [5.41, 5.74) is 18.5. The van der Waals surface area contributed by atoms with E-state index in [1.54, 1.807) is 0 Å². The Bertz CT molecular complexity index is 3340. The van der Waals surface area contributed by atoms with Gasteiger partial charge in [-0.25, -0.2) is 0 Å². The molecule has 1 aliphatic rings. The topological polar surface area (TPSA) is 21.3 Å². The van der Waals surface area contributed by atoms with Crippen LogP contribution in [-0.2, 0) is 5.41 Å². The number of furan rings is 1. The number of fused-ring (bicyclic) bond motifs is 7. The van der Waals surface area contributed by atoms with Crippen LogP contribution < -0.4 is 4.90 Å².